The van der Waals surface area contributed by atoms with Gasteiger partial charge in [0.15, 0.2) is 0 Å². The topological polar surface area (TPSA) is 40.5 Å². The minimum Gasteiger partial charge on any atom is -0.508 e. The minimum absolute atomic E-state index is 0.0785. The van der Waals surface area contributed by atoms with E-state index < -0.39 is 17.5 Å². The maximum Gasteiger partial charge on any atom is 0.231 e. The molecule has 104 valence electrons. The Bertz CT molecular complexity index is 606. The number of halogens is 2. The molecule has 0 radical (unpaired) electrons. The summed E-state index contributed by atoms with van der Waals surface area (Å²) in [6.45, 7) is 0. The number of carbonyl (C=O) groups is 1. The first-order chi connectivity index (χ1) is 9.49. The first-order valence-electron chi connectivity index (χ1n) is 5.97. The van der Waals surface area contributed by atoms with Crippen molar-refractivity contribution < 1.29 is 18.7 Å². The molecule has 0 aliphatic rings. The maximum atomic E-state index is 13.5. The van der Waals surface area contributed by atoms with Gasteiger partial charge in [-0.2, -0.15) is 0 Å². The molecule has 3 nitrogen and oxygen atoms in total. The van der Waals surface area contributed by atoms with Crippen LogP contribution in [0.3, 0.4) is 0 Å². The Morgan fingerprint density at radius 3 is 2.20 bits per heavy atom. The van der Waals surface area contributed by atoms with Crippen LogP contribution >= 0.6 is 0 Å². The fraction of sp³-hybridized carbons (Fsp3) is 0.133. The number of benzene rings is 2. The van der Waals surface area contributed by atoms with Gasteiger partial charge in [0.1, 0.15) is 17.4 Å². The molecule has 2 rings (SSSR count). The predicted molar refractivity (Wildman–Crippen MR) is 71.6 cm³/mol. The van der Waals surface area contributed by atoms with Crippen molar-refractivity contribution in [2.24, 2.45) is 0 Å². The van der Waals surface area contributed by atoms with Crippen LogP contribution in [0.2, 0.25) is 0 Å². The van der Waals surface area contributed by atoms with Gasteiger partial charge in [0.05, 0.1) is 6.42 Å². The molecule has 5 heteroatoms. The summed E-state index contributed by atoms with van der Waals surface area (Å²) < 4.78 is 27.0. The second kappa shape index (κ2) is 5.69. The average molecular weight is 277 g/mol. The highest BCUT2D eigenvalue weighted by Gasteiger charge is 2.17. The molecule has 0 saturated heterocycles. The van der Waals surface area contributed by atoms with Gasteiger partial charge in [-0.05, 0) is 36.4 Å². The van der Waals surface area contributed by atoms with Crippen molar-refractivity contribution in [1.29, 1.82) is 0 Å². The third-order valence-corrected chi connectivity index (χ3v) is 3.00. The standard InChI is InChI=1S/C15H13F2NO2/c1-18(10-5-7-11(19)8-6-10)15(20)9-12-13(16)3-2-4-14(12)17/h2-8,19H,9H2,1H3. The number of aromatic hydroxyl groups is 1. The number of phenolic OH excluding ortho intramolecular Hbond substituents is 1. The van der Waals surface area contributed by atoms with Gasteiger partial charge in [-0.15, -0.1) is 0 Å². The van der Waals surface area contributed by atoms with Crippen LogP contribution in [0.4, 0.5) is 14.5 Å². The minimum atomic E-state index is -0.738. The Kier molecular flexibility index (Phi) is 3.98. The van der Waals surface area contributed by atoms with Crippen LogP contribution in [0.5, 0.6) is 5.75 Å². The molecule has 1 amide bonds. The zero-order chi connectivity index (χ0) is 14.7. The van der Waals surface area contributed by atoms with Crippen molar-refractivity contribution in [3.63, 3.8) is 0 Å². The Morgan fingerprint density at radius 2 is 1.65 bits per heavy atom. The number of anilines is 1. The van der Waals surface area contributed by atoms with Crippen molar-refractivity contribution in [2.45, 2.75) is 6.42 Å². The summed E-state index contributed by atoms with van der Waals surface area (Å²) in [5, 5.41) is 9.18. The van der Waals surface area contributed by atoms with Crippen molar-refractivity contribution in [3.05, 3.63) is 59.7 Å². The Balaban J connectivity index is 2.18. The van der Waals surface area contributed by atoms with E-state index in [9.17, 15) is 18.7 Å². The zero-order valence-electron chi connectivity index (χ0n) is 10.8. The fourth-order valence-electron chi connectivity index (χ4n) is 1.79. The maximum absolute atomic E-state index is 13.5. The number of likely N-dealkylation sites (N-methyl/N-ethyl adjacent to an activating group) is 1. The molecule has 20 heavy (non-hydrogen) atoms. The smallest absolute Gasteiger partial charge is 0.231 e. The van der Waals surface area contributed by atoms with E-state index in [0.29, 0.717) is 5.69 Å². The number of hydrogen-bond donors (Lipinski definition) is 1. The molecule has 2 aromatic carbocycles. The molecule has 0 saturated carbocycles. The van der Waals surface area contributed by atoms with Gasteiger partial charge in [0, 0.05) is 18.3 Å². The molecule has 0 unspecified atom stereocenters. The van der Waals surface area contributed by atoms with Crippen molar-refractivity contribution in [3.8, 4) is 5.75 Å². The third-order valence-electron chi connectivity index (χ3n) is 3.00. The molecule has 0 bridgehead atoms. The van der Waals surface area contributed by atoms with E-state index in [1.165, 1.54) is 30.1 Å². The van der Waals surface area contributed by atoms with E-state index in [4.69, 9.17) is 0 Å². The van der Waals surface area contributed by atoms with Crippen LogP contribution in [-0.4, -0.2) is 18.1 Å². The first kappa shape index (κ1) is 14.0. The van der Waals surface area contributed by atoms with E-state index in [2.05, 4.69) is 0 Å². The Morgan fingerprint density at radius 1 is 1.10 bits per heavy atom. The predicted octanol–water partition coefficient (Wildman–Crippen LogP) is 2.88. The fourth-order valence-corrected chi connectivity index (χ4v) is 1.79. The van der Waals surface area contributed by atoms with Gasteiger partial charge in [0.25, 0.3) is 0 Å². The second-order valence-corrected chi connectivity index (χ2v) is 4.35. The van der Waals surface area contributed by atoms with Crippen molar-refractivity contribution >= 4 is 11.6 Å². The van der Waals surface area contributed by atoms with Gasteiger partial charge >= 0.3 is 0 Å². The summed E-state index contributed by atoms with van der Waals surface area (Å²) in [5.41, 5.74) is 0.285. The summed E-state index contributed by atoms with van der Waals surface area (Å²) in [4.78, 5) is 13.3. The summed E-state index contributed by atoms with van der Waals surface area (Å²) >= 11 is 0. The highest BCUT2D eigenvalue weighted by molar-refractivity contribution is 5.94. The number of carbonyl (C=O) groups excluding carboxylic acids is 1. The molecule has 0 atom stereocenters. The van der Waals surface area contributed by atoms with E-state index in [0.717, 1.165) is 12.1 Å². The Labute approximate surface area is 115 Å². The van der Waals surface area contributed by atoms with Crippen LogP contribution < -0.4 is 4.90 Å². The molecule has 0 aliphatic carbocycles. The van der Waals surface area contributed by atoms with E-state index >= 15 is 0 Å². The van der Waals surface area contributed by atoms with Gasteiger partial charge in [0.2, 0.25) is 5.91 Å². The number of rotatable bonds is 3. The molecule has 0 heterocycles. The highest BCUT2D eigenvalue weighted by Crippen LogP contribution is 2.19. The zero-order valence-corrected chi connectivity index (χ0v) is 10.8. The van der Waals surface area contributed by atoms with Gasteiger partial charge in [-0.25, -0.2) is 8.78 Å². The van der Waals surface area contributed by atoms with Gasteiger partial charge in [-0.1, -0.05) is 6.07 Å². The van der Waals surface area contributed by atoms with Gasteiger partial charge < -0.3 is 10.0 Å². The first-order valence-corrected chi connectivity index (χ1v) is 5.97. The summed E-state index contributed by atoms with van der Waals surface area (Å²) in [6.07, 6.45) is -0.365. The second-order valence-electron chi connectivity index (χ2n) is 4.35. The molecule has 1 N–H and O–H groups in total. The lowest BCUT2D eigenvalue weighted by Crippen LogP contribution is -2.28. The van der Waals surface area contributed by atoms with E-state index in [-0.39, 0.29) is 17.7 Å². The number of amides is 1. The molecule has 0 aromatic heterocycles. The van der Waals surface area contributed by atoms with Crippen LogP contribution in [0.1, 0.15) is 5.56 Å². The number of nitrogens with zero attached hydrogens (tertiary/aromatic N) is 1. The molecular weight excluding hydrogens is 264 g/mol. The van der Waals surface area contributed by atoms with Crippen LogP contribution in [0.25, 0.3) is 0 Å². The van der Waals surface area contributed by atoms with Crippen molar-refractivity contribution in [1.82, 2.24) is 0 Å². The lowest BCUT2D eigenvalue weighted by atomic mass is 10.1. The Hall–Kier alpha value is -2.43. The number of hydrogen-bond acceptors (Lipinski definition) is 2. The SMILES string of the molecule is CN(C(=O)Cc1c(F)cccc1F)c1ccc(O)cc1. The van der Waals surface area contributed by atoms with Crippen LogP contribution in [-0.2, 0) is 11.2 Å². The monoisotopic (exact) mass is 277 g/mol. The summed E-state index contributed by atoms with van der Waals surface area (Å²) in [7, 11) is 1.51. The van der Waals surface area contributed by atoms with Gasteiger partial charge in [-0.3, -0.25) is 4.79 Å². The largest absolute Gasteiger partial charge is 0.508 e. The molecular formula is C15H13F2NO2. The van der Waals surface area contributed by atoms with Crippen LogP contribution in [0, 0.1) is 11.6 Å². The van der Waals surface area contributed by atoms with Crippen LogP contribution in [0.15, 0.2) is 42.5 Å². The quantitative estimate of drug-likeness (QED) is 0.937. The highest BCUT2D eigenvalue weighted by atomic mass is 19.1. The third kappa shape index (κ3) is 2.93. The summed E-state index contributed by atoms with van der Waals surface area (Å²) in [5.74, 6) is -1.84. The van der Waals surface area contributed by atoms with E-state index in [1.807, 2.05) is 0 Å². The molecule has 0 aliphatic heterocycles. The average Bonchev–Trinajstić information content (AvgIpc) is 2.43. The van der Waals surface area contributed by atoms with Crippen molar-refractivity contribution in [2.75, 3.05) is 11.9 Å². The lowest BCUT2D eigenvalue weighted by molar-refractivity contribution is -0.117. The molecule has 2 aromatic rings. The lowest BCUT2D eigenvalue weighted by Gasteiger charge is -2.17. The molecule has 0 spiro atoms. The molecule has 0 fully saturated rings. The number of phenols is 1. The van der Waals surface area contributed by atoms with E-state index in [1.54, 1.807) is 12.1 Å². The normalized spacial score (nSPS) is 10.3. The summed E-state index contributed by atoms with van der Waals surface area (Å²) in [6, 6.07) is 9.45.